The number of nitrogens with one attached hydrogen (secondary N) is 2. The lowest BCUT2D eigenvalue weighted by Crippen LogP contribution is -2.36. The first-order chi connectivity index (χ1) is 12.3. The Labute approximate surface area is 141 Å². The smallest absolute Gasteiger partial charge is 0.263 e. The van der Waals surface area contributed by atoms with Gasteiger partial charge in [-0.2, -0.15) is 10.1 Å². The van der Waals surface area contributed by atoms with Crippen LogP contribution in [0.1, 0.15) is 24.7 Å². The summed E-state index contributed by atoms with van der Waals surface area (Å²) in [5.41, 5.74) is 2.00. The molecule has 1 aliphatic heterocycles. The summed E-state index contributed by atoms with van der Waals surface area (Å²) in [6, 6.07) is 7.78. The van der Waals surface area contributed by atoms with E-state index in [0.29, 0.717) is 23.5 Å². The van der Waals surface area contributed by atoms with Crippen LogP contribution in [-0.2, 0) is 0 Å². The van der Waals surface area contributed by atoms with Crippen LogP contribution in [0.3, 0.4) is 0 Å². The molecule has 126 valence electrons. The van der Waals surface area contributed by atoms with Crippen LogP contribution in [0.2, 0.25) is 0 Å². The summed E-state index contributed by atoms with van der Waals surface area (Å²) in [7, 11) is 0. The van der Waals surface area contributed by atoms with Gasteiger partial charge in [0.05, 0.1) is 12.1 Å². The second-order valence-electron chi connectivity index (χ2n) is 6.33. The molecule has 1 unspecified atom stereocenters. The standard InChI is InChI=1S/C17H16N6O2/c24-15-11-8-18-22-14(11)20-17(21-15)23-7-3-4-10(9-23)16-19-12-5-1-2-6-13(12)25-16/h1-2,5-6,8,10H,3-4,7,9H2,(H2,18,20,21,22,24). The SMILES string of the molecule is O=c1[nH]c(N2CCCC(c3nc4ccccc4o3)C2)nc2[nH]ncc12. The molecule has 0 bridgehead atoms. The lowest BCUT2D eigenvalue weighted by molar-refractivity contribution is 0.411. The topological polar surface area (TPSA) is 104 Å². The maximum atomic E-state index is 12.2. The number of hydrogen-bond donors (Lipinski definition) is 2. The number of nitrogens with zero attached hydrogens (tertiary/aromatic N) is 4. The number of aromatic amines is 2. The largest absolute Gasteiger partial charge is 0.440 e. The third-order valence-corrected chi connectivity index (χ3v) is 4.69. The molecule has 0 amide bonds. The molecule has 3 aromatic heterocycles. The fourth-order valence-corrected chi connectivity index (χ4v) is 3.42. The zero-order valence-corrected chi connectivity index (χ0v) is 13.4. The van der Waals surface area contributed by atoms with Gasteiger partial charge in [0, 0.05) is 13.1 Å². The molecule has 8 nitrogen and oxygen atoms in total. The molecule has 0 radical (unpaired) electrons. The third kappa shape index (κ3) is 2.37. The van der Waals surface area contributed by atoms with Crippen LogP contribution >= 0.6 is 0 Å². The first-order valence-electron chi connectivity index (χ1n) is 8.32. The van der Waals surface area contributed by atoms with Crippen molar-refractivity contribution in [1.29, 1.82) is 0 Å². The predicted molar refractivity (Wildman–Crippen MR) is 92.7 cm³/mol. The highest BCUT2D eigenvalue weighted by molar-refractivity contribution is 5.74. The van der Waals surface area contributed by atoms with Crippen LogP contribution < -0.4 is 10.5 Å². The van der Waals surface area contributed by atoms with Gasteiger partial charge in [0.25, 0.3) is 5.56 Å². The summed E-state index contributed by atoms with van der Waals surface area (Å²) in [5, 5.41) is 7.11. The van der Waals surface area contributed by atoms with Crippen molar-refractivity contribution in [2.75, 3.05) is 18.0 Å². The van der Waals surface area contributed by atoms with Crippen molar-refractivity contribution in [1.82, 2.24) is 25.1 Å². The number of hydrogen-bond acceptors (Lipinski definition) is 6. The minimum absolute atomic E-state index is 0.170. The zero-order chi connectivity index (χ0) is 16.8. The molecule has 25 heavy (non-hydrogen) atoms. The fourth-order valence-electron chi connectivity index (χ4n) is 3.42. The summed E-state index contributed by atoms with van der Waals surface area (Å²) in [6.45, 7) is 1.54. The number of H-pyrrole nitrogens is 2. The monoisotopic (exact) mass is 336 g/mol. The van der Waals surface area contributed by atoms with Crippen molar-refractivity contribution < 1.29 is 4.42 Å². The Morgan fingerprint density at radius 3 is 3.08 bits per heavy atom. The van der Waals surface area contributed by atoms with E-state index < -0.39 is 0 Å². The molecular weight excluding hydrogens is 320 g/mol. The number of piperidine rings is 1. The Kier molecular flexibility index (Phi) is 3.09. The third-order valence-electron chi connectivity index (χ3n) is 4.69. The van der Waals surface area contributed by atoms with Crippen LogP contribution in [0.15, 0.2) is 39.7 Å². The van der Waals surface area contributed by atoms with Gasteiger partial charge in [-0.25, -0.2) is 4.98 Å². The van der Waals surface area contributed by atoms with E-state index in [-0.39, 0.29) is 11.5 Å². The molecule has 1 aliphatic rings. The zero-order valence-electron chi connectivity index (χ0n) is 13.4. The van der Waals surface area contributed by atoms with E-state index in [1.807, 2.05) is 24.3 Å². The van der Waals surface area contributed by atoms with Gasteiger partial charge in [-0.1, -0.05) is 12.1 Å². The van der Waals surface area contributed by atoms with Crippen LogP contribution in [0.5, 0.6) is 0 Å². The Bertz CT molecular complexity index is 1080. The molecule has 4 aromatic rings. The maximum Gasteiger partial charge on any atom is 0.263 e. The molecule has 2 N–H and O–H groups in total. The molecular formula is C17H16N6O2. The fraction of sp³-hybridized carbons (Fsp3) is 0.294. The molecule has 0 spiro atoms. The molecule has 4 heterocycles. The van der Waals surface area contributed by atoms with Gasteiger partial charge in [-0.15, -0.1) is 0 Å². The number of rotatable bonds is 2. The van der Waals surface area contributed by atoms with Crippen molar-refractivity contribution in [3.63, 3.8) is 0 Å². The van der Waals surface area contributed by atoms with Gasteiger partial charge in [0.1, 0.15) is 10.9 Å². The Morgan fingerprint density at radius 2 is 2.16 bits per heavy atom. The molecule has 1 aromatic carbocycles. The summed E-state index contributed by atoms with van der Waals surface area (Å²) in [6.07, 6.45) is 3.47. The minimum atomic E-state index is -0.183. The first kappa shape index (κ1) is 14.2. The molecule has 1 atom stereocenters. The Hall–Kier alpha value is -3.16. The number of aromatic nitrogens is 5. The van der Waals surface area contributed by atoms with E-state index >= 15 is 0 Å². The van der Waals surface area contributed by atoms with Crippen molar-refractivity contribution in [3.8, 4) is 0 Å². The lowest BCUT2D eigenvalue weighted by atomic mass is 9.98. The number of fused-ring (bicyclic) bond motifs is 2. The molecule has 0 aliphatic carbocycles. The van der Waals surface area contributed by atoms with Gasteiger partial charge in [0.2, 0.25) is 5.95 Å². The van der Waals surface area contributed by atoms with Gasteiger partial charge >= 0.3 is 0 Å². The van der Waals surface area contributed by atoms with E-state index in [1.165, 1.54) is 6.20 Å². The number of anilines is 1. The highest BCUT2D eigenvalue weighted by atomic mass is 16.3. The van der Waals surface area contributed by atoms with Gasteiger partial charge < -0.3 is 9.32 Å². The molecule has 1 fully saturated rings. The van der Waals surface area contributed by atoms with Gasteiger partial charge in [0.15, 0.2) is 17.1 Å². The van der Waals surface area contributed by atoms with E-state index in [9.17, 15) is 4.79 Å². The molecule has 5 rings (SSSR count). The van der Waals surface area contributed by atoms with Gasteiger partial charge in [-0.3, -0.25) is 14.9 Å². The van der Waals surface area contributed by atoms with Crippen molar-refractivity contribution in [3.05, 3.63) is 46.7 Å². The van der Waals surface area contributed by atoms with E-state index in [1.54, 1.807) is 0 Å². The minimum Gasteiger partial charge on any atom is -0.440 e. The second-order valence-corrected chi connectivity index (χ2v) is 6.33. The summed E-state index contributed by atoms with van der Waals surface area (Å²) < 4.78 is 5.93. The van der Waals surface area contributed by atoms with Crippen molar-refractivity contribution >= 4 is 28.1 Å². The van der Waals surface area contributed by atoms with Crippen LogP contribution in [0, 0.1) is 0 Å². The average Bonchev–Trinajstić information content (AvgIpc) is 3.28. The Balaban J connectivity index is 1.47. The second kappa shape index (κ2) is 5.44. The number of oxazole rings is 1. The predicted octanol–water partition coefficient (Wildman–Crippen LogP) is 2.17. The summed E-state index contributed by atoms with van der Waals surface area (Å²) >= 11 is 0. The van der Waals surface area contributed by atoms with Crippen LogP contribution in [0.4, 0.5) is 5.95 Å². The Morgan fingerprint density at radius 1 is 1.24 bits per heavy atom. The average molecular weight is 336 g/mol. The molecule has 1 saturated heterocycles. The quantitative estimate of drug-likeness (QED) is 0.581. The van der Waals surface area contributed by atoms with E-state index in [0.717, 1.165) is 36.4 Å². The highest BCUT2D eigenvalue weighted by Gasteiger charge is 2.27. The first-order valence-corrected chi connectivity index (χ1v) is 8.32. The van der Waals surface area contributed by atoms with E-state index in [2.05, 4.69) is 30.0 Å². The van der Waals surface area contributed by atoms with Crippen molar-refractivity contribution in [2.24, 2.45) is 0 Å². The van der Waals surface area contributed by atoms with Gasteiger partial charge in [-0.05, 0) is 25.0 Å². The lowest BCUT2D eigenvalue weighted by Gasteiger charge is -2.31. The van der Waals surface area contributed by atoms with Crippen LogP contribution in [-0.4, -0.2) is 38.2 Å². The number of para-hydroxylation sites is 2. The summed E-state index contributed by atoms with van der Waals surface area (Å²) in [5.74, 6) is 1.47. The maximum absolute atomic E-state index is 12.2. The normalized spacial score (nSPS) is 18.2. The van der Waals surface area contributed by atoms with E-state index in [4.69, 9.17) is 4.42 Å². The summed E-state index contributed by atoms with van der Waals surface area (Å²) in [4.78, 5) is 26.2. The highest BCUT2D eigenvalue weighted by Crippen LogP contribution is 2.30. The molecule has 0 saturated carbocycles. The number of benzene rings is 1. The van der Waals surface area contributed by atoms with Crippen molar-refractivity contribution in [2.45, 2.75) is 18.8 Å². The van der Waals surface area contributed by atoms with Crippen LogP contribution in [0.25, 0.3) is 22.1 Å². The molecule has 8 heteroatoms.